The molecule has 1 aromatic rings. The number of nitrogens with one attached hydrogen (secondary N) is 1. The van der Waals surface area contributed by atoms with E-state index in [1.54, 1.807) is 0 Å². The van der Waals surface area contributed by atoms with Crippen LogP contribution < -0.4 is 11.1 Å². The molecule has 0 aromatic heterocycles. The van der Waals surface area contributed by atoms with Gasteiger partial charge in [-0.15, -0.1) is 0 Å². The highest BCUT2D eigenvalue weighted by Crippen LogP contribution is 2.18. The molecule has 0 saturated heterocycles. The van der Waals surface area contributed by atoms with E-state index in [4.69, 9.17) is 10.5 Å². The Hall–Kier alpha value is -1.07. The van der Waals surface area contributed by atoms with E-state index >= 15 is 0 Å². The Morgan fingerprint density at radius 3 is 2.67 bits per heavy atom. The molecule has 0 radical (unpaired) electrons. The van der Waals surface area contributed by atoms with E-state index < -0.39 is 5.60 Å². The Morgan fingerprint density at radius 1 is 1.44 bits per heavy atom. The molecule has 0 fully saturated rings. The zero-order valence-corrected chi connectivity index (χ0v) is 12.5. The second-order valence-electron chi connectivity index (χ2n) is 5.03. The lowest BCUT2D eigenvalue weighted by Gasteiger charge is -2.19. The SMILES string of the molecule is CC(C)(C)OC(=O)CNCc1ccc(Br)cc1N. The van der Waals surface area contributed by atoms with Crippen molar-refractivity contribution in [2.45, 2.75) is 32.9 Å². The first-order valence-corrected chi connectivity index (χ1v) is 6.54. The Balaban J connectivity index is 2.40. The molecule has 3 N–H and O–H groups in total. The standard InChI is InChI=1S/C13H19BrN2O2/c1-13(2,3)18-12(17)8-16-7-9-4-5-10(14)6-11(9)15/h4-6,16H,7-8,15H2,1-3H3. The minimum Gasteiger partial charge on any atom is -0.459 e. The molecule has 0 saturated carbocycles. The largest absolute Gasteiger partial charge is 0.459 e. The summed E-state index contributed by atoms with van der Waals surface area (Å²) in [5.74, 6) is -0.266. The number of rotatable bonds is 4. The molecule has 5 heteroatoms. The van der Waals surface area contributed by atoms with Gasteiger partial charge < -0.3 is 15.8 Å². The zero-order chi connectivity index (χ0) is 13.8. The van der Waals surface area contributed by atoms with Crippen LogP contribution in [-0.2, 0) is 16.1 Å². The lowest BCUT2D eigenvalue weighted by atomic mass is 10.2. The molecule has 0 unspecified atom stereocenters. The lowest BCUT2D eigenvalue weighted by Crippen LogP contribution is -2.31. The Bertz CT molecular complexity index is 427. The highest BCUT2D eigenvalue weighted by atomic mass is 79.9. The van der Waals surface area contributed by atoms with Gasteiger partial charge in [0.15, 0.2) is 0 Å². The van der Waals surface area contributed by atoms with Crippen molar-refractivity contribution in [3.8, 4) is 0 Å². The molecule has 0 aliphatic rings. The molecular formula is C13H19BrN2O2. The van der Waals surface area contributed by atoms with Crippen molar-refractivity contribution in [1.29, 1.82) is 0 Å². The smallest absolute Gasteiger partial charge is 0.320 e. The summed E-state index contributed by atoms with van der Waals surface area (Å²) in [6.45, 7) is 6.25. The average Bonchev–Trinajstić information content (AvgIpc) is 2.18. The molecule has 0 atom stereocenters. The maximum absolute atomic E-state index is 11.5. The predicted molar refractivity (Wildman–Crippen MR) is 76.1 cm³/mol. The molecule has 1 rings (SSSR count). The number of hydrogen-bond acceptors (Lipinski definition) is 4. The molecule has 0 spiro atoms. The summed E-state index contributed by atoms with van der Waals surface area (Å²) in [5.41, 5.74) is 7.06. The average molecular weight is 315 g/mol. The molecule has 0 aliphatic heterocycles. The van der Waals surface area contributed by atoms with Crippen LogP contribution in [0.4, 0.5) is 5.69 Å². The Labute approximate surface area is 116 Å². The number of nitrogen functional groups attached to an aromatic ring is 1. The molecule has 0 bridgehead atoms. The summed E-state index contributed by atoms with van der Waals surface area (Å²) in [7, 11) is 0. The van der Waals surface area contributed by atoms with Gasteiger partial charge in [-0.1, -0.05) is 22.0 Å². The van der Waals surface area contributed by atoms with E-state index in [0.717, 1.165) is 10.0 Å². The van der Waals surface area contributed by atoms with Crippen molar-refractivity contribution in [3.05, 3.63) is 28.2 Å². The van der Waals surface area contributed by atoms with Crippen LogP contribution in [0, 0.1) is 0 Å². The minimum atomic E-state index is -0.449. The van der Waals surface area contributed by atoms with Crippen LogP contribution in [0.3, 0.4) is 0 Å². The third-order valence-corrected chi connectivity index (χ3v) is 2.61. The second kappa shape index (κ2) is 6.20. The first kappa shape index (κ1) is 15.0. The van der Waals surface area contributed by atoms with Gasteiger partial charge in [0.25, 0.3) is 0 Å². The summed E-state index contributed by atoms with van der Waals surface area (Å²) in [4.78, 5) is 11.5. The van der Waals surface area contributed by atoms with E-state index in [9.17, 15) is 4.79 Å². The summed E-state index contributed by atoms with van der Waals surface area (Å²) >= 11 is 3.35. The van der Waals surface area contributed by atoms with Crippen LogP contribution >= 0.6 is 15.9 Å². The van der Waals surface area contributed by atoms with E-state index in [1.165, 1.54) is 0 Å². The highest BCUT2D eigenvalue weighted by Gasteiger charge is 2.15. The zero-order valence-electron chi connectivity index (χ0n) is 10.9. The summed E-state index contributed by atoms with van der Waals surface area (Å²) in [5, 5.41) is 3.01. The van der Waals surface area contributed by atoms with Gasteiger partial charge >= 0.3 is 5.97 Å². The van der Waals surface area contributed by atoms with Crippen molar-refractivity contribution in [2.75, 3.05) is 12.3 Å². The van der Waals surface area contributed by atoms with Gasteiger partial charge in [0.1, 0.15) is 5.60 Å². The van der Waals surface area contributed by atoms with Gasteiger partial charge in [0, 0.05) is 16.7 Å². The Morgan fingerprint density at radius 2 is 2.11 bits per heavy atom. The lowest BCUT2D eigenvalue weighted by molar-refractivity contribution is -0.153. The topological polar surface area (TPSA) is 64.3 Å². The van der Waals surface area contributed by atoms with Gasteiger partial charge in [-0.2, -0.15) is 0 Å². The van der Waals surface area contributed by atoms with Crippen LogP contribution in [-0.4, -0.2) is 18.1 Å². The highest BCUT2D eigenvalue weighted by molar-refractivity contribution is 9.10. The van der Waals surface area contributed by atoms with Crippen molar-refractivity contribution in [1.82, 2.24) is 5.32 Å². The quantitative estimate of drug-likeness (QED) is 0.662. The van der Waals surface area contributed by atoms with Crippen molar-refractivity contribution < 1.29 is 9.53 Å². The van der Waals surface area contributed by atoms with Crippen molar-refractivity contribution in [3.63, 3.8) is 0 Å². The van der Waals surface area contributed by atoms with Gasteiger partial charge in [-0.05, 0) is 38.5 Å². The van der Waals surface area contributed by atoms with Crippen LogP contribution in [0.15, 0.2) is 22.7 Å². The fraction of sp³-hybridized carbons (Fsp3) is 0.462. The molecule has 0 heterocycles. The maximum Gasteiger partial charge on any atom is 0.320 e. The van der Waals surface area contributed by atoms with E-state index in [0.29, 0.717) is 12.2 Å². The second-order valence-corrected chi connectivity index (χ2v) is 5.95. The van der Waals surface area contributed by atoms with Gasteiger partial charge in [0.2, 0.25) is 0 Å². The Kier molecular flexibility index (Phi) is 5.16. The molecule has 0 aliphatic carbocycles. The summed E-state index contributed by atoms with van der Waals surface area (Å²) in [6, 6.07) is 5.67. The van der Waals surface area contributed by atoms with Gasteiger partial charge in [-0.3, -0.25) is 4.79 Å². The third-order valence-electron chi connectivity index (χ3n) is 2.11. The predicted octanol–water partition coefficient (Wildman–Crippen LogP) is 2.46. The number of ether oxygens (including phenoxy) is 1. The fourth-order valence-corrected chi connectivity index (χ4v) is 1.78. The van der Waals surface area contributed by atoms with E-state index in [-0.39, 0.29) is 12.5 Å². The van der Waals surface area contributed by atoms with Crippen molar-refractivity contribution in [2.24, 2.45) is 0 Å². The first-order chi connectivity index (χ1) is 8.28. The molecular weight excluding hydrogens is 296 g/mol. The number of carbonyl (C=O) groups excluding carboxylic acids is 1. The number of carbonyl (C=O) groups is 1. The first-order valence-electron chi connectivity index (χ1n) is 5.74. The summed E-state index contributed by atoms with van der Waals surface area (Å²) < 4.78 is 6.13. The molecule has 1 aromatic carbocycles. The molecule has 100 valence electrons. The number of nitrogens with two attached hydrogens (primary N) is 1. The van der Waals surface area contributed by atoms with Crippen molar-refractivity contribution >= 4 is 27.6 Å². The van der Waals surface area contributed by atoms with Crippen LogP contribution in [0.25, 0.3) is 0 Å². The van der Waals surface area contributed by atoms with Gasteiger partial charge in [-0.25, -0.2) is 0 Å². The number of halogens is 1. The molecule has 18 heavy (non-hydrogen) atoms. The number of esters is 1. The maximum atomic E-state index is 11.5. The number of hydrogen-bond donors (Lipinski definition) is 2. The van der Waals surface area contributed by atoms with E-state index in [1.807, 2.05) is 39.0 Å². The number of anilines is 1. The van der Waals surface area contributed by atoms with Crippen LogP contribution in [0.2, 0.25) is 0 Å². The van der Waals surface area contributed by atoms with Crippen LogP contribution in [0.1, 0.15) is 26.3 Å². The summed E-state index contributed by atoms with van der Waals surface area (Å²) in [6.07, 6.45) is 0. The fourth-order valence-electron chi connectivity index (χ4n) is 1.40. The third kappa shape index (κ3) is 5.51. The van der Waals surface area contributed by atoms with E-state index in [2.05, 4.69) is 21.2 Å². The van der Waals surface area contributed by atoms with Crippen LogP contribution in [0.5, 0.6) is 0 Å². The monoisotopic (exact) mass is 314 g/mol. The normalized spacial score (nSPS) is 11.3. The number of benzene rings is 1. The minimum absolute atomic E-state index is 0.173. The molecule has 0 amide bonds. The molecule has 4 nitrogen and oxygen atoms in total. The van der Waals surface area contributed by atoms with Gasteiger partial charge in [0.05, 0.1) is 6.54 Å².